The van der Waals surface area contributed by atoms with Gasteiger partial charge in [0, 0.05) is 25.4 Å². The van der Waals surface area contributed by atoms with Gasteiger partial charge in [-0.3, -0.25) is 29.4 Å². The summed E-state index contributed by atoms with van der Waals surface area (Å²) in [5, 5.41) is 23.2. The molecular formula is C21H22F5N5O6. The molecule has 3 amide bonds. The summed E-state index contributed by atoms with van der Waals surface area (Å²) in [6, 6.07) is 4.35. The van der Waals surface area contributed by atoms with Crippen molar-refractivity contribution in [3.05, 3.63) is 23.8 Å². The highest BCUT2D eigenvalue weighted by Crippen LogP contribution is 2.41. The highest BCUT2D eigenvalue weighted by molar-refractivity contribution is 6.08. The summed E-state index contributed by atoms with van der Waals surface area (Å²) in [6.07, 6.45) is -4.80. The average molecular weight is 535 g/mol. The summed E-state index contributed by atoms with van der Waals surface area (Å²) < 4.78 is 62.8. The van der Waals surface area contributed by atoms with Gasteiger partial charge in [0.1, 0.15) is 0 Å². The van der Waals surface area contributed by atoms with E-state index in [2.05, 4.69) is 10.4 Å². The standard InChI is InChI=1S/C19H21F2N5O4.C2HF3O2/c1-24-14-8-11(13-4-6-25(9-16(28)29)10-19(13,20)21)2-3-12(14)17(23-24)26-7-5-15(27)22-18(26)30;3-2(4,5)1(6)7/h2-3,8,13H,4-7,9-10H2,1H3,(H,28,29)(H,22,27,30);(H,6,7)/t13-;/m1./s1. The van der Waals surface area contributed by atoms with E-state index in [1.165, 1.54) is 14.5 Å². The van der Waals surface area contributed by atoms with Crippen LogP contribution in [0.25, 0.3) is 10.9 Å². The number of urea groups is 1. The van der Waals surface area contributed by atoms with Crippen LogP contribution in [0.2, 0.25) is 0 Å². The normalized spacial score (nSPS) is 20.3. The van der Waals surface area contributed by atoms with Crippen LogP contribution in [-0.2, 0) is 21.4 Å². The van der Waals surface area contributed by atoms with Crippen LogP contribution in [0.5, 0.6) is 0 Å². The largest absolute Gasteiger partial charge is 0.490 e. The smallest absolute Gasteiger partial charge is 0.480 e. The number of aryl methyl sites for hydroxylation is 1. The average Bonchev–Trinajstić information content (AvgIpc) is 3.08. The number of carboxylic acids is 2. The molecule has 0 saturated carbocycles. The molecule has 11 nitrogen and oxygen atoms in total. The summed E-state index contributed by atoms with van der Waals surface area (Å²) >= 11 is 0. The lowest BCUT2D eigenvalue weighted by atomic mass is 9.86. The van der Waals surface area contributed by atoms with Crippen molar-refractivity contribution in [3.63, 3.8) is 0 Å². The van der Waals surface area contributed by atoms with E-state index in [9.17, 15) is 36.3 Å². The molecule has 0 unspecified atom stereocenters. The molecule has 1 atom stereocenters. The number of piperidine rings is 1. The number of rotatable bonds is 4. The summed E-state index contributed by atoms with van der Waals surface area (Å²) in [4.78, 5) is 45.9. The fourth-order valence-corrected chi connectivity index (χ4v) is 4.18. The molecule has 0 radical (unpaired) electrons. The number of hydrogen-bond donors (Lipinski definition) is 3. The Morgan fingerprint density at radius 2 is 1.84 bits per heavy atom. The van der Waals surface area contributed by atoms with Gasteiger partial charge in [-0.2, -0.15) is 18.3 Å². The van der Waals surface area contributed by atoms with Gasteiger partial charge in [0.25, 0.3) is 5.92 Å². The molecule has 2 aliphatic rings. The Bertz CT molecular complexity index is 1230. The number of carbonyl (C=O) groups is 4. The number of hydrogen-bond acceptors (Lipinski definition) is 6. The second-order valence-electron chi connectivity index (χ2n) is 8.49. The Labute approximate surface area is 205 Å². The van der Waals surface area contributed by atoms with E-state index < -0.39 is 49.1 Å². The molecule has 16 heteroatoms. The molecule has 2 fully saturated rings. The SMILES string of the molecule is Cn1nc(N2CCC(=O)NC2=O)c2ccc([C@H]3CCN(CC(=O)O)CC3(F)F)cc21.O=C(O)C(F)(F)F. The molecule has 3 heterocycles. The third kappa shape index (κ3) is 6.31. The first kappa shape index (κ1) is 27.8. The van der Waals surface area contributed by atoms with Gasteiger partial charge in [0.15, 0.2) is 5.82 Å². The van der Waals surface area contributed by atoms with E-state index in [4.69, 9.17) is 15.0 Å². The van der Waals surface area contributed by atoms with Gasteiger partial charge in [0.05, 0.1) is 24.5 Å². The molecule has 0 aliphatic carbocycles. The number of aromatic nitrogens is 2. The second kappa shape index (κ2) is 10.3. The molecule has 1 aromatic carbocycles. The van der Waals surface area contributed by atoms with Gasteiger partial charge in [0.2, 0.25) is 5.91 Å². The first-order valence-electron chi connectivity index (χ1n) is 10.8. The Kier molecular flexibility index (Phi) is 7.71. The van der Waals surface area contributed by atoms with Gasteiger partial charge in [-0.1, -0.05) is 6.07 Å². The second-order valence-corrected chi connectivity index (χ2v) is 8.49. The number of nitrogens with zero attached hydrogens (tertiary/aromatic N) is 4. The minimum Gasteiger partial charge on any atom is -0.480 e. The first-order valence-corrected chi connectivity index (χ1v) is 10.8. The number of fused-ring (bicyclic) bond motifs is 1. The molecular weight excluding hydrogens is 513 g/mol. The van der Waals surface area contributed by atoms with Crippen molar-refractivity contribution in [2.75, 3.05) is 31.1 Å². The number of benzene rings is 1. The number of nitrogens with one attached hydrogen (secondary N) is 1. The minimum atomic E-state index is -5.08. The van der Waals surface area contributed by atoms with E-state index in [1.807, 2.05) is 0 Å². The van der Waals surface area contributed by atoms with Crippen molar-refractivity contribution >= 4 is 40.6 Å². The highest BCUT2D eigenvalue weighted by atomic mass is 19.4. The fraction of sp³-hybridized carbons (Fsp3) is 0.476. The van der Waals surface area contributed by atoms with E-state index >= 15 is 0 Å². The van der Waals surface area contributed by atoms with Crippen molar-refractivity contribution in [3.8, 4) is 0 Å². The monoisotopic (exact) mass is 535 g/mol. The third-order valence-corrected chi connectivity index (χ3v) is 5.85. The van der Waals surface area contributed by atoms with E-state index in [1.54, 1.807) is 25.2 Å². The van der Waals surface area contributed by atoms with Crippen molar-refractivity contribution in [2.24, 2.45) is 7.05 Å². The van der Waals surface area contributed by atoms with Gasteiger partial charge >= 0.3 is 24.1 Å². The summed E-state index contributed by atoms with van der Waals surface area (Å²) in [7, 11) is 1.66. The van der Waals surface area contributed by atoms with Crippen molar-refractivity contribution < 1.29 is 51.3 Å². The van der Waals surface area contributed by atoms with Crippen molar-refractivity contribution in [2.45, 2.75) is 30.9 Å². The molecule has 202 valence electrons. The zero-order valence-electron chi connectivity index (χ0n) is 19.3. The van der Waals surface area contributed by atoms with Crippen LogP contribution < -0.4 is 10.2 Å². The summed E-state index contributed by atoms with van der Waals surface area (Å²) in [6.45, 7) is -0.560. The highest BCUT2D eigenvalue weighted by Gasteiger charge is 2.45. The van der Waals surface area contributed by atoms with E-state index in [0.717, 1.165) is 0 Å². The van der Waals surface area contributed by atoms with Crippen LogP contribution in [0.4, 0.5) is 32.6 Å². The Balaban J connectivity index is 0.000000479. The van der Waals surface area contributed by atoms with Crippen LogP contribution in [0, 0.1) is 0 Å². The zero-order valence-corrected chi connectivity index (χ0v) is 19.3. The number of carbonyl (C=O) groups excluding carboxylic acids is 2. The van der Waals surface area contributed by atoms with Crippen LogP contribution in [-0.4, -0.2) is 87.0 Å². The van der Waals surface area contributed by atoms with Crippen LogP contribution in [0.15, 0.2) is 18.2 Å². The topological polar surface area (TPSA) is 145 Å². The molecule has 37 heavy (non-hydrogen) atoms. The molecule has 0 spiro atoms. The Hall–Kier alpha value is -3.82. The maximum Gasteiger partial charge on any atom is 0.490 e. The number of carboxylic acid groups (broad SMARTS) is 2. The summed E-state index contributed by atoms with van der Waals surface area (Å²) in [5.41, 5.74) is 1.03. The molecule has 1 aromatic heterocycles. The van der Waals surface area contributed by atoms with E-state index in [0.29, 0.717) is 22.3 Å². The number of likely N-dealkylation sites (tertiary alicyclic amines) is 1. The van der Waals surface area contributed by atoms with Gasteiger partial charge in [-0.05, 0) is 30.7 Å². The Morgan fingerprint density at radius 3 is 2.38 bits per heavy atom. The maximum absolute atomic E-state index is 14.8. The number of imide groups is 1. The van der Waals surface area contributed by atoms with Gasteiger partial charge in [-0.25, -0.2) is 18.4 Å². The van der Waals surface area contributed by atoms with E-state index in [-0.39, 0.29) is 31.8 Å². The van der Waals surface area contributed by atoms with Gasteiger partial charge in [-0.15, -0.1) is 0 Å². The molecule has 4 rings (SSSR count). The number of anilines is 1. The number of alkyl halides is 5. The predicted molar refractivity (Wildman–Crippen MR) is 116 cm³/mol. The molecule has 0 bridgehead atoms. The lowest BCUT2D eigenvalue weighted by molar-refractivity contribution is -0.192. The van der Waals surface area contributed by atoms with Crippen LogP contribution in [0.3, 0.4) is 0 Å². The quantitative estimate of drug-likeness (QED) is 0.506. The molecule has 2 aromatic rings. The van der Waals surface area contributed by atoms with Crippen molar-refractivity contribution in [1.29, 1.82) is 0 Å². The number of aliphatic carboxylic acids is 2. The molecule has 3 N–H and O–H groups in total. The number of amides is 3. The lowest BCUT2D eigenvalue weighted by Crippen LogP contribution is -2.49. The van der Waals surface area contributed by atoms with Crippen molar-refractivity contribution in [1.82, 2.24) is 20.0 Å². The first-order chi connectivity index (χ1) is 17.1. The van der Waals surface area contributed by atoms with Crippen LogP contribution >= 0.6 is 0 Å². The summed E-state index contributed by atoms with van der Waals surface area (Å²) in [5.74, 6) is -7.98. The van der Waals surface area contributed by atoms with Crippen LogP contribution in [0.1, 0.15) is 24.3 Å². The minimum absolute atomic E-state index is 0.132. The third-order valence-electron chi connectivity index (χ3n) is 5.85. The fourth-order valence-electron chi connectivity index (χ4n) is 4.18. The zero-order chi connectivity index (χ0) is 27.7. The predicted octanol–water partition coefficient (Wildman–Crippen LogP) is 2.16. The number of halogens is 5. The maximum atomic E-state index is 14.8. The molecule has 2 aliphatic heterocycles. The lowest BCUT2D eigenvalue weighted by Gasteiger charge is -2.37. The Morgan fingerprint density at radius 1 is 1.19 bits per heavy atom. The van der Waals surface area contributed by atoms with Gasteiger partial charge < -0.3 is 10.2 Å². The molecule has 2 saturated heterocycles.